The van der Waals surface area contributed by atoms with E-state index in [1.54, 1.807) is 11.3 Å². The summed E-state index contributed by atoms with van der Waals surface area (Å²) in [6.07, 6.45) is 7.90. The van der Waals surface area contributed by atoms with E-state index in [4.69, 9.17) is 9.40 Å². The molecule has 0 atom stereocenters. The fraction of sp³-hybridized carbons (Fsp3) is 0.421. The number of aliphatic hydroxyl groups is 1. The first-order chi connectivity index (χ1) is 20.5. The summed E-state index contributed by atoms with van der Waals surface area (Å²) in [6.45, 7) is 17.0. The zero-order chi connectivity index (χ0) is 31.3. The molecule has 0 fully saturated rings. The van der Waals surface area contributed by atoms with E-state index < -0.39 is 0 Å². The molecule has 5 aromatic rings. The van der Waals surface area contributed by atoms with Crippen LogP contribution in [0.25, 0.3) is 43.3 Å². The Balaban J connectivity index is 0.000000286. The SMILES string of the molecule is CCC(CC)C(=O)/C=C(\O)C(CC)CC.Cc1cnc(-c2[c-]ccc3c2oc2c3ccc3ccsc32)cc1CC(C)(C)C.[Ir]. The Morgan fingerprint density at radius 1 is 1.00 bits per heavy atom. The predicted octanol–water partition coefficient (Wildman–Crippen LogP) is 11.4. The molecule has 0 aliphatic carbocycles. The van der Waals surface area contributed by atoms with Crippen LogP contribution in [0.15, 0.2) is 64.2 Å². The molecule has 0 saturated carbocycles. The topological polar surface area (TPSA) is 63.3 Å². The molecule has 3 heterocycles. The van der Waals surface area contributed by atoms with Crippen LogP contribution in [0.4, 0.5) is 0 Å². The summed E-state index contributed by atoms with van der Waals surface area (Å²) >= 11 is 1.72. The molecule has 0 aliphatic heterocycles. The van der Waals surface area contributed by atoms with Crippen LogP contribution in [-0.4, -0.2) is 15.9 Å². The van der Waals surface area contributed by atoms with Gasteiger partial charge in [0.15, 0.2) is 5.78 Å². The van der Waals surface area contributed by atoms with Crippen molar-refractivity contribution in [1.82, 2.24) is 4.98 Å². The summed E-state index contributed by atoms with van der Waals surface area (Å²) in [5.74, 6) is 0.547. The average Bonchev–Trinajstić information content (AvgIpc) is 3.60. The molecule has 5 rings (SSSR count). The number of furan rings is 1. The van der Waals surface area contributed by atoms with Gasteiger partial charge in [0.05, 0.1) is 16.0 Å². The van der Waals surface area contributed by atoms with Crippen LogP contribution >= 0.6 is 11.3 Å². The summed E-state index contributed by atoms with van der Waals surface area (Å²) in [4.78, 5) is 16.4. The van der Waals surface area contributed by atoms with Crippen molar-refractivity contribution >= 4 is 49.1 Å². The third-order valence-corrected chi connectivity index (χ3v) is 9.22. The van der Waals surface area contributed by atoms with E-state index in [1.165, 1.54) is 27.3 Å². The number of benzene rings is 2. The van der Waals surface area contributed by atoms with Crippen molar-refractivity contribution in [3.63, 3.8) is 0 Å². The zero-order valence-corrected chi connectivity index (χ0v) is 30.6. The number of aromatic nitrogens is 1. The first-order valence-electron chi connectivity index (χ1n) is 15.6. The first-order valence-corrected chi connectivity index (χ1v) is 16.5. The molecule has 1 radical (unpaired) electrons. The standard InChI is InChI=1S/C25H22NOS.C13H24O2.Ir/c1-15-14-26-21(12-17(15)13-25(2,3)4)20-7-5-6-18-19-9-8-16-10-11-28-24(16)23(19)27-22(18)20;1-5-10(6-2)12(14)9-13(15)11(7-3)8-4;/h5-6,8-12,14H,13H2,1-4H3;9-11,14H,5-8H2,1-4H3;/q-1;;/b;12-9-;. The molecular formula is C38H46IrNO3S-. The van der Waals surface area contributed by atoms with Gasteiger partial charge in [-0.2, -0.15) is 0 Å². The van der Waals surface area contributed by atoms with E-state index in [2.05, 4.69) is 69.5 Å². The van der Waals surface area contributed by atoms with Crippen LogP contribution in [0, 0.1) is 30.2 Å². The number of carbonyl (C=O) groups excluding carboxylic acids is 1. The molecule has 6 heteroatoms. The number of ketones is 1. The molecule has 0 aliphatic rings. The van der Waals surface area contributed by atoms with Gasteiger partial charge in [0.2, 0.25) is 0 Å². The molecule has 0 bridgehead atoms. The minimum absolute atomic E-state index is 0. The van der Waals surface area contributed by atoms with Crippen LogP contribution in [0.3, 0.4) is 0 Å². The number of aryl methyl sites for hydroxylation is 1. The Labute approximate surface area is 280 Å². The maximum absolute atomic E-state index is 11.7. The van der Waals surface area contributed by atoms with Gasteiger partial charge in [-0.25, -0.2) is 0 Å². The summed E-state index contributed by atoms with van der Waals surface area (Å²) in [5, 5.41) is 15.4. The summed E-state index contributed by atoms with van der Waals surface area (Å²) < 4.78 is 7.62. The molecule has 2 aromatic carbocycles. The van der Waals surface area contributed by atoms with Crippen LogP contribution in [0.5, 0.6) is 0 Å². The van der Waals surface area contributed by atoms with Crippen LogP contribution in [-0.2, 0) is 31.3 Å². The number of hydrogen-bond donors (Lipinski definition) is 1. The van der Waals surface area contributed by atoms with Crippen LogP contribution < -0.4 is 0 Å². The Hall–Kier alpha value is -2.79. The van der Waals surface area contributed by atoms with E-state index in [1.807, 2.05) is 40.0 Å². The molecule has 1 N–H and O–H groups in total. The molecule has 44 heavy (non-hydrogen) atoms. The molecule has 0 amide bonds. The molecule has 237 valence electrons. The number of nitrogens with zero attached hydrogens (tertiary/aromatic N) is 1. The summed E-state index contributed by atoms with van der Waals surface area (Å²) in [5.41, 5.74) is 6.49. The normalized spacial score (nSPS) is 12.2. The number of pyridine rings is 1. The molecule has 4 nitrogen and oxygen atoms in total. The Bertz CT molecular complexity index is 1730. The van der Waals surface area contributed by atoms with Crippen LogP contribution in [0.2, 0.25) is 0 Å². The van der Waals surface area contributed by atoms with E-state index in [0.717, 1.165) is 65.3 Å². The molecule has 0 unspecified atom stereocenters. The van der Waals surface area contributed by atoms with Gasteiger partial charge in [0.25, 0.3) is 0 Å². The van der Waals surface area contributed by atoms with Gasteiger partial charge in [0.1, 0.15) is 5.58 Å². The quantitative estimate of drug-likeness (QED) is 0.0918. The third kappa shape index (κ3) is 8.07. The number of fused-ring (bicyclic) bond motifs is 5. The second-order valence-corrected chi connectivity index (χ2v) is 13.6. The molecular weight excluding hydrogens is 743 g/mol. The fourth-order valence-corrected chi connectivity index (χ4v) is 6.54. The van der Waals surface area contributed by atoms with E-state index >= 15 is 0 Å². The number of rotatable bonds is 9. The van der Waals surface area contributed by atoms with Gasteiger partial charge < -0.3 is 14.5 Å². The Morgan fingerprint density at radius 3 is 2.30 bits per heavy atom. The first kappa shape index (κ1) is 35.7. The number of allylic oxidation sites excluding steroid dienone is 2. The van der Waals surface area contributed by atoms with E-state index in [0.29, 0.717) is 0 Å². The van der Waals surface area contributed by atoms with Gasteiger partial charge in [-0.3, -0.25) is 4.79 Å². The molecule has 0 spiro atoms. The maximum Gasteiger partial charge on any atom is 0.162 e. The van der Waals surface area contributed by atoms with Gasteiger partial charge in [0, 0.05) is 49.6 Å². The monoisotopic (exact) mass is 789 g/mol. The van der Waals surface area contributed by atoms with Crippen molar-refractivity contribution < 1.29 is 34.4 Å². The number of thiophene rings is 1. The van der Waals surface area contributed by atoms with Gasteiger partial charge in [-0.05, 0) is 72.5 Å². The fourth-order valence-electron chi connectivity index (χ4n) is 5.66. The smallest absolute Gasteiger partial charge is 0.162 e. The minimum Gasteiger partial charge on any atom is -0.512 e. The predicted molar refractivity (Wildman–Crippen MR) is 183 cm³/mol. The Morgan fingerprint density at radius 2 is 1.66 bits per heavy atom. The van der Waals surface area contributed by atoms with Crippen molar-refractivity contribution in [1.29, 1.82) is 0 Å². The number of hydrogen-bond acceptors (Lipinski definition) is 5. The van der Waals surface area contributed by atoms with Crippen LogP contribution in [0.1, 0.15) is 85.3 Å². The van der Waals surface area contributed by atoms with E-state index in [9.17, 15) is 9.90 Å². The van der Waals surface area contributed by atoms with Gasteiger partial charge in [-0.1, -0.05) is 83.2 Å². The summed E-state index contributed by atoms with van der Waals surface area (Å²) in [7, 11) is 0. The number of carbonyl (C=O) groups is 1. The van der Waals surface area contributed by atoms with Crippen molar-refractivity contribution in [2.45, 2.75) is 87.5 Å². The Kier molecular flexibility index (Phi) is 12.5. The van der Waals surface area contributed by atoms with Crippen molar-refractivity contribution in [2.75, 3.05) is 0 Å². The largest absolute Gasteiger partial charge is 0.512 e. The van der Waals surface area contributed by atoms with Gasteiger partial charge in [-0.15, -0.1) is 29.5 Å². The minimum atomic E-state index is 0. The van der Waals surface area contributed by atoms with Gasteiger partial charge >= 0.3 is 0 Å². The second-order valence-electron chi connectivity index (χ2n) is 12.7. The zero-order valence-electron chi connectivity index (χ0n) is 27.3. The van der Waals surface area contributed by atoms with E-state index in [-0.39, 0.29) is 48.9 Å². The maximum atomic E-state index is 11.7. The third-order valence-electron chi connectivity index (χ3n) is 8.29. The second kappa shape index (κ2) is 15.5. The summed E-state index contributed by atoms with van der Waals surface area (Å²) in [6, 6.07) is 16.1. The molecule has 0 saturated heterocycles. The number of aliphatic hydroxyl groups excluding tert-OH is 1. The average molecular weight is 789 g/mol. The van der Waals surface area contributed by atoms with Crippen molar-refractivity contribution in [2.24, 2.45) is 17.3 Å². The van der Waals surface area contributed by atoms with Crippen molar-refractivity contribution in [3.8, 4) is 11.3 Å². The van der Waals surface area contributed by atoms with Crippen molar-refractivity contribution in [3.05, 3.63) is 77.0 Å². The molecule has 3 aromatic heterocycles.